The molecule has 1 aliphatic heterocycles. The molecule has 1 fully saturated rings. The lowest BCUT2D eigenvalue weighted by Crippen LogP contribution is -2.51. The predicted octanol–water partition coefficient (Wildman–Crippen LogP) is 2.75. The van der Waals surface area contributed by atoms with Crippen LogP contribution in [0.25, 0.3) is 0 Å². The van der Waals surface area contributed by atoms with Crippen molar-refractivity contribution in [1.29, 1.82) is 0 Å². The van der Waals surface area contributed by atoms with Crippen molar-refractivity contribution in [2.75, 3.05) is 26.2 Å². The first-order valence-corrected chi connectivity index (χ1v) is 5.79. The maximum Gasteiger partial charge on any atom is 0.141 e. The summed E-state index contributed by atoms with van der Waals surface area (Å²) in [6.45, 7) is 14.2. The molecule has 0 aromatic carbocycles. The summed E-state index contributed by atoms with van der Waals surface area (Å²) in [7, 11) is 0. The van der Waals surface area contributed by atoms with Gasteiger partial charge in [0.1, 0.15) is 6.54 Å². The fourth-order valence-electron chi connectivity index (χ4n) is 2.22. The standard InChI is InChI=1S/C14H22N/c1-4-10-15(11-6-5-7-12-15)13-8-9-14(2)3/h4H,1-2,5-7,10-13H2,3H3/q+1. The zero-order chi connectivity index (χ0) is 11.1. The molecule has 0 amide bonds. The van der Waals surface area contributed by atoms with Crippen LogP contribution in [0.15, 0.2) is 24.8 Å². The Morgan fingerprint density at radius 1 is 1.33 bits per heavy atom. The number of nitrogens with zero attached hydrogens (tertiary/aromatic N) is 1. The smallest absolute Gasteiger partial charge is 0.141 e. The van der Waals surface area contributed by atoms with E-state index in [0.717, 1.165) is 23.1 Å². The van der Waals surface area contributed by atoms with E-state index in [1.807, 2.05) is 13.0 Å². The van der Waals surface area contributed by atoms with Crippen LogP contribution in [0.2, 0.25) is 0 Å². The third-order valence-electron chi connectivity index (χ3n) is 3.00. The highest BCUT2D eigenvalue weighted by Gasteiger charge is 2.27. The van der Waals surface area contributed by atoms with Crippen LogP contribution >= 0.6 is 0 Å². The molecule has 0 aromatic rings. The summed E-state index contributed by atoms with van der Waals surface area (Å²) in [5.41, 5.74) is 0.962. The molecule has 15 heavy (non-hydrogen) atoms. The van der Waals surface area contributed by atoms with E-state index in [1.54, 1.807) is 0 Å². The van der Waals surface area contributed by atoms with Gasteiger partial charge in [-0.15, -0.1) is 0 Å². The van der Waals surface area contributed by atoms with Gasteiger partial charge < -0.3 is 4.48 Å². The van der Waals surface area contributed by atoms with Crippen LogP contribution in [0.1, 0.15) is 26.2 Å². The van der Waals surface area contributed by atoms with Crippen molar-refractivity contribution in [2.24, 2.45) is 0 Å². The number of quaternary nitrogens is 1. The van der Waals surface area contributed by atoms with Gasteiger partial charge in [0.2, 0.25) is 0 Å². The average molecular weight is 204 g/mol. The largest absolute Gasteiger partial charge is 0.310 e. The highest BCUT2D eigenvalue weighted by molar-refractivity contribution is 5.23. The molecular weight excluding hydrogens is 182 g/mol. The van der Waals surface area contributed by atoms with Gasteiger partial charge in [-0.3, -0.25) is 0 Å². The van der Waals surface area contributed by atoms with E-state index in [-0.39, 0.29) is 0 Å². The van der Waals surface area contributed by atoms with Crippen LogP contribution in [0.4, 0.5) is 0 Å². The molecule has 82 valence electrons. The molecule has 1 heteroatoms. The fraction of sp³-hybridized carbons (Fsp3) is 0.571. The zero-order valence-corrected chi connectivity index (χ0v) is 9.89. The molecule has 0 aliphatic carbocycles. The maximum atomic E-state index is 3.86. The van der Waals surface area contributed by atoms with Crippen molar-refractivity contribution in [3.05, 3.63) is 24.8 Å². The zero-order valence-electron chi connectivity index (χ0n) is 9.89. The Hall–Kier alpha value is -1.00. The molecule has 0 atom stereocenters. The third-order valence-corrected chi connectivity index (χ3v) is 3.00. The summed E-state index contributed by atoms with van der Waals surface area (Å²) in [4.78, 5) is 0. The molecule has 0 N–H and O–H groups in total. The first-order chi connectivity index (χ1) is 7.18. The molecule has 1 rings (SSSR count). The highest BCUT2D eigenvalue weighted by Crippen LogP contribution is 2.18. The van der Waals surface area contributed by atoms with Crippen molar-refractivity contribution in [3.8, 4) is 11.8 Å². The van der Waals surface area contributed by atoms with Gasteiger partial charge in [0, 0.05) is 0 Å². The summed E-state index contributed by atoms with van der Waals surface area (Å²) in [5, 5.41) is 0. The van der Waals surface area contributed by atoms with Crippen LogP contribution in [-0.4, -0.2) is 30.7 Å². The first kappa shape index (κ1) is 12.1. The number of hydrogen-bond acceptors (Lipinski definition) is 0. The number of rotatable bonds is 3. The number of likely N-dealkylation sites (tertiary alicyclic amines) is 1. The first-order valence-electron chi connectivity index (χ1n) is 5.79. The van der Waals surface area contributed by atoms with Gasteiger partial charge in [-0.05, 0) is 43.8 Å². The molecule has 0 saturated carbocycles. The quantitative estimate of drug-likeness (QED) is 0.377. The van der Waals surface area contributed by atoms with Gasteiger partial charge in [0.05, 0.1) is 19.6 Å². The minimum atomic E-state index is 0.957. The second kappa shape index (κ2) is 5.78. The Morgan fingerprint density at radius 2 is 2.00 bits per heavy atom. The molecule has 1 aliphatic rings. The lowest BCUT2D eigenvalue weighted by molar-refractivity contribution is -0.920. The summed E-state index contributed by atoms with van der Waals surface area (Å²) in [6.07, 6.45) is 6.09. The summed E-state index contributed by atoms with van der Waals surface area (Å²) < 4.78 is 1.11. The van der Waals surface area contributed by atoms with E-state index in [9.17, 15) is 0 Å². The van der Waals surface area contributed by atoms with Crippen LogP contribution in [-0.2, 0) is 0 Å². The third kappa shape index (κ3) is 3.93. The molecule has 0 unspecified atom stereocenters. The van der Waals surface area contributed by atoms with Gasteiger partial charge in [-0.2, -0.15) is 0 Å². The second-order valence-electron chi connectivity index (χ2n) is 4.56. The van der Waals surface area contributed by atoms with Crippen molar-refractivity contribution in [2.45, 2.75) is 26.2 Å². The highest BCUT2D eigenvalue weighted by atomic mass is 15.3. The number of allylic oxidation sites excluding steroid dienone is 1. The Bertz CT molecular complexity index is 284. The lowest BCUT2D eigenvalue weighted by atomic mass is 10.1. The van der Waals surface area contributed by atoms with E-state index in [4.69, 9.17) is 0 Å². The Balaban J connectivity index is 2.60. The Morgan fingerprint density at radius 3 is 2.53 bits per heavy atom. The summed E-state index contributed by atoms with van der Waals surface area (Å²) >= 11 is 0. The Labute approximate surface area is 94.1 Å². The fourth-order valence-corrected chi connectivity index (χ4v) is 2.22. The van der Waals surface area contributed by atoms with Gasteiger partial charge in [0.25, 0.3) is 0 Å². The number of hydrogen-bond donors (Lipinski definition) is 0. The van der Waals surface area contributed by atoms with E-state index in [2.05, 4.69) is 25.0 Å². The van der Waals surface area contributed by atoms with E-state index >= 15 is 0 Å². The average Bonchev–Trinajstić information content (AvgIpc) is 2.19. The molecule has 1 saturated heterocycles. The molecular formula is C14H22N+. The van der Waals surface area contributed by atoms with Crippen LogP contribution < -0.4 is 0 Å². The van der Waals surface area contributed by atoms with E-state index < -0.39 is 0 Å². The molecule has 0 aromatic heterocycles. The molecule has 1 heterocycles. The van der Waals surface area contributed by atoms with E-state index in [0.29, 0.717) is 0 Å². The predicted molar refractivity (Wildman–Crippen MR) is 66.4 cm³/mol. The molecule has 1 nitrogen and oxygen atoms in total. The SMILES string of the molecule is C=CC[N+]1(CC#CC(=C)C)CCCCC1. The van der Waals surface area contributed by atoms with Gasteiger partial charge in [-0.1, -0.05) is 19.1 Å². The monoisotopic (exact) mass is 204 g/mol. The van der Waals surface area contributed by atoms with Crippen molar-refractivity contribution >= 4 is 0 Å². The van der Waals surface area contributed by atoms with Crippen molar-refractivity contribution in [3.63, 3.8) is 0 Å². The van der Waals surface area contributed by atoms with Crippen molar-refractivity contribution in [1.82, 2.24) is 0 Å². The van der Waals surface area contributed by atoms with Crippen LogP contribution in [0.3, 0.4) is 0 Å². The molecule has 0 spiro atoms. The van der Waals surface area contributed by atoms with Gasteiger partial charge >= 0.3 is 0 Å². The van der Waals surface area contributed by atoms with Crippen LogP contribution in [0.5, 0.6) is 0 Å². The minimum absolute atomic E-state index is 0.957. The summed E-state index contributed by atoms with van der Waals surface area (Å²) in [6, 6.07) is 0. The van der Waals surface area contributed by atoms with Gasteiger partial charge in [-0.25, -0.2) is 0 Å². The lowest BCUT2D eigenvalue weighted by Gasteiger charge is -2.39. The molecule has 0 bridgehead atoms. The normalized spacial score (nSPS) is 18.7. The van der Waals surface area contributed by atoms with Crippen LogP contribution in [0, 0.1) is 11.8 Å². The number of piperidine rings is 1. The Kier molecular flexibility index (Phi) is 4.65. The summed E-state index contributed by atoms with van der Waals surface area (Å²) in [5.74, 6) is 6.34. The van der Waals surface area contributed by atoms with Gasteiger partial charge in [0.15, 0.2) is 0 Å². The minimum Gasteiger partial charge on any atom is -0.310 e. The molecule has 0 radical (unpaired) electrons. The van der Waals surface area contributed by atoms with E-state index in [1.165, 1.54) is 32.4 Å². The topological polar surface area (TPSA) is 0 Å². The maximum absolute atomic E-state index is 3.86. The van der Waals surface area contributed by atoms with Crippen molar-refractivity contribution < 1.29 is 4.48 Å². The second-order valence-corrected chi connectivity index (χ2v) is 4.56.